The minimum atomic E-state index is -0.0682. The van der Waals surface area contributed by atoms with E-state index in [9.17, 15) is 4.79 Å². The molecule has 0 saturated heterocycles. The zero-order chi connectivity index (χ0) is 10.8. The van der Waals surface area contributed by atoms with Crippen LogP contribution in [0, 0.1) is 0 Å². The van der Waals surface area contributed by atoms with E-state index in [1.807, 2.05) is 6.07 Å². The molecule has 5 heteroatoms. The summed E-state index contributed by atoms with van der Waals surface area (Å²) >= 11 is 7.20. The summed E-state index contributed by atoms with van der Waals surface area (Å²) in [6.45, 7) is 1.48. The number of thiophene rings is 1. The Balaban J connectivity index is 2.45. The summed E-state index contributed by atoms with van der Waals surface area (Å²) in [5.41, 5.74) is 0.421. The summed E-state index contributed by atoms with van der Waals surface area (Å²) in [6.07, 6.45) is 1.58. The van der Waals surface area contributed by atoms with Crippen LogP contribution in [0.3, 0.4) is 0 Å². The summed E-state index contributed by atoms with van der Waals surface area (Å²) in [4.78, 5) is 20.2. The SMILES string of the molecule is CC(=O)c1ccnc(-c2ccc(Cl)s2)n1. The second-order valence-corrected chi connectivity index (χ2v) is 4.64. The van der Waals surface area contributed by atoms with E-state index >= 15 is 0 Å². The van der Waals surface area contributed by atoms with Crippen LogP contribution in [0.4, 0.5) is 0 Å². The van der Waals surface area contributed by atoms with Gasteiger partial charge in [-0.2, -0.15) is 0 Å². The first-order chi connectivity index (χ1) is 7.16. The third-order valence-electron chi connectivity index (χ3n) is 1.81. The average molecular weight is 239 g/mol. The Morgan fingerprint density at radius 3 is 2.80 bits per heavy atom. The zero-order valence-corrected chi connectivity index (χ0v) is 9.47. The number of hydrogen-bond donors (Lipinski definition) is 0. The van der Waals surface area contributed by atoms with Crippen LogP contribution < -0.4 is 0 Å². The third kappa shape index (κ3) is 2.22. The lowest BCUT2D eigenvalue weighted by Crippen LogP contribution is -1.98. The third-order valence-corrected chi connectivity index (χ3v) is 3.04. The van der Waals surface area contributed by atoms with E-state index in [1.54, 1.807) is 18.3 Å². The lowest BCUT2D eigenvalue weighted by atomic mass is 10.3. The first-order valence-corrected chi connectivity index (χ1v) is 5.46. The van der Waals surface area contributed by atoms with E-state index in [4.69, 9.17) is 11.6 Å². The first kappa shape index (κ1) is 10.3. The van der Waals surface area contributed by atoms with Crippen LogP contribution >= 0.6 is 22.9 Å². The maximum absolute atomic E-state index is 11.1. The van der Waals surface area contributed by atoms with Crippen molar-refractivity contribution in [3.05, 3.63) is 34.4 Å². The predicted octanol–water partition coefficient (Wildman–Crippen LogP) is 3.06. The topological polar surface area (TPSA) is 42.9 Å². The molecule has 2 aromatic heterocycles. The van der Waals surface area contributed by atoms with Crippen LogP contribution in [0.5, 0.6) is 0 Å². The van der Waals surface area contributed by atoms with Gasteiger partial charge >= 0.3 is 0 Å². The average Bonchev–Trinajstić information content (AvgIpc) is 2.65. The van der Waals surface area contributed by atoms with Crippen LogP contribution in [-0.4, -0.2) is 15.8 Å². The molecule has 0 aliphatic rings. The van der Waals surface area contributed by atoms with Crippen molar-refractivity contribution in [3.63, 3.8) is 0 Å². The van der Waals surface area contributed by atoms with Gasteiger partial charge in [-0.3, -0.25) is 4.79 Å². The minimum Gasteiger partial charge on any atom is -0.293 e. The van der Waals surface area contributed by atoms with Crippen LogP contribution in [0.2, 0.25) is 4.34 Å². The van der Waals surface area contributed by atoms with E-state index in [-0.39, 0.29) is 5.78 Å². The Morgan fingerprint density at radius 2 is 2.20 bits per heavy atom. The summed E-state index contributed by atoms with van der Waals surface area (Å²) in [7, 11) is 0. The Morgan fingerprint density at radius 1 is 1.40 bits per heavy atom. The first-order valence-electron chi connectivity index (χ1n) is 4.26. The smallest absolute Gasteiger partial charge is 0.178 e. The van der Waals surface area contributed by atoms with Gasteiger partial charge < -0.3 is 0 Å². The van der Waals surface area contributed by atoms with Crippen molar-refractivity contribution in [1.29, 1.82) is 0 Å². The van der Waals surface area contributed by atoms with Crippen molar-refractivity contribution in [2.75, 3.05) is 0 Å². The van der Waals surface area contributed by atoms with Gasteiger partial charge in [0.15, 0.2) is 11.6 Å². The molecule has 2 heterocycles. The fourth-order valence-corrected chi connectivity index (χ4v) is 2.09. The Kier molecular flexibility index (Phi) is 2.79. The van der Waals surface area contributed by atoms with Crippen molar-refractivity contribution in [1.82, 2.24) is 9.97 Å². The number of Topliss-reactive ketones (excluding diaryl/α,β-unsaturated/α-hetero) is 1. The Bertz CT molecular complexity index is 510. The summed E-state index contributed by atoms with van der Waals surface area (Å²) < 4.78 is 0.682. The lowest BCUT2D eigenvalue weighted by Gasteiger charge is -1.97. The summed E-state index contributed by atoms with van der Waals surface area (Å²) in [6, 6.07) is 5.22. The number of hydrogen-bond acceptors (Lipinski definition) is 4. The normalized spacial score (nSPS) is 10.3. The molecule has 0 spiro atoms. The zero-order valence-electron chi connectivity index (χ0n) is 7.90. The maximum Gasteiger partial charge on any atom is 0.178 e. The minimum absolute atomic E-state index is 0.0682. The van der Waals surface area contributed by atoms with Crippen molar-refractivity contribution >= 4 is 28.7 Å². The van der Waals surface area contributed by atoms with Gasteiger partial charge in [-0.1, -0.05) is 11.6 Å². The lowest BCUT2D eigenvalue weighted by molar-refractivity contribution is 0.101. The van der Waals surface area contributed by atoms with Gasteiger partial charge in [0.2, 0.25) is 0 Å². The molecule has 0 N–H and O–H groups in total. The van der Waals surface area contributed by atoms with Gasteiger partial charge in [0.25, 0.3) is 0 Å². The largest absolute Gasteiger partial charge is 0.293 e. The van der Waals surface area contributed by atoms with Gasteiger partial charge in [0.05, 0.1) is 9.21 Å². The Hall–Kier alpha value is -1.26. The van der Waals surface area contributed by atoms with Gasteiger partial charge in [-0.05, 0) is 18.2 Å². The second kappa shape index (κ2) is 4.08. The number of ketones is 1. The van der Waals surface area contributed by atoms with Crippen molar-refractivity contribution in [2.24, 2.45) is 0 Å². The van der Waals surface area contributed by atoms with E-state index in [2.05, 4.69) is 9.97 Å². The molecule has 0 unspecified atom stereocenters. The molecule has 0 amide bonds. The van der Waals surface area contributed by atoms with E-state index in [0.29, 0.717) is 15.9 Å². The van der Waals surface area contributed by atoms with Gasteiger partial charge in [-0.15, -0.1) is 11.3 Å². The molecule has 0 saturated carbocycles. The van der Waals surface area contributed by atoms with Gasteiger partial charge in [0, 0.05) is 13.1 Å². The number of carbonyl (C=O) groups excluding carboxylic acids is 1. The monoisotopic (exact) mass is 238 g/mol. The number of carbonyl (C=O) groups is 1. The predicted molar refractivity (Wildman–Crippen MR) is 60.4 cm³/mol. The standard InChI is InChI=1S/C10H7ClN2OS/c1-6(14)7-4-5-12-10(13-7)8-2-3-9(11)15-8/h2-5H,1H3. The second-order valence-electron chi connectivity index (χ2n) is 2.93. The molecule has 0 fully saturated rings. The molecule has 2 rings (SSSR count). The molecule has 15 heavy (non-hydrogen) atoms. The van der Waals surface area contributed by atoms with Crippen molar-refractivity contribution < 1.29 is 4.79 Å². The summed E-state index contributed by atoms with van der Waals surface area (Å²) in [5.74, 6) is 0.473. The molecule has 3 nitrogen and oxygen atoms in total. The van der Waals surface area contributed by atoms with Crippen LogP contribution in [0.15, 0.2) is 24.4 Å². The highest BCUT2D eigenvalue weighted by molar-refractivity contribution is 7.19. The highest BCUT2D eigenvalue weighted by Gasteiger charge is 2.07. The molecule has 0 bridgehead atoms. The molecule has 0 aromatic carbocycles. The fraction of sp³-hybridized carbons (Fsp3) is 0.100. The van der Waals surface area contributed by atoms with Crippen molar-refractivity contribution in [3.8, 4) is 10.7 Å². The maximum atomic E-state index is 11.1. The van der Waals surface area contributed by atoms with Gasteiger partial charge in [-0.25, -0.2) is 9.97 Å². The Labute approximate surface area is 95.8 Å². The number of nitrogens with zero attached hydrogens (tertiary/aromatic N) is 2. The molecule has 0 atom stereocenters. The molecular formula is C10H7ClN2OS. The number of halogens is 1. The van der Waals surface area contributed by atoms with Crippen LogP contribution in [0.25, 0.3) is 10.7 Å². The quantitative estimate of drug-likeness (QED) is 0.756. The number of rotatable bonds is 2. The molecule has 76 valence electrons. The molecule has 0 aliphatic carbocycles. The van der Waals surface area contributed by atoms with E-state index in [1.165, 1.54) is 18.3 Å². The highest BCUT2D eigenvalue weighted by atomic mass is 35.5. The van der Waals surface area contributed by atoms with Crippen LogP contribution in [0.1, 0.15) is 17.4 Å². The summed E-state index contributed by atoms with van der Waals surface area (Å²) in [5, 5.41) is 0. The molecule has 0 radical (unpaired) electrons. The van der Waals surface area contributed by atoms with Gasteiger partial charge in [0.1, 0.15) is 5.69 Å². The van der Waals surface area contributed by atoms with Crippen LogP contribution in [-0.2, 0) is 0 Å². The number of aromatic nitrogens is 2. The van der Waals surface area contributed by atoms with E-state index < -0.39 is 0 Å². The van der Waals surface area contributed by atoms with E-state index in [0.717, 1.165) is 4.88 Å². The molecule has 0 aliphatic heterocycles. The fourth-order valence-electron chi connectivity index (χ4n) is 1.11. The molecule has 2 aromatic rings. The molecular weight excluding hydrogens is 232 g/mol. The highest BCUT2D eigenvalue weighted by Crippen LogP contribution is 2.28. The van der Waals surface area contributed by atoms with Crippen molar-refractivity contribution in [2.45, 2.75) is 6.92 Å².